The molecular formula is C22H29N5O2. The van der Waals surface area contributed by atoms with E-state index < -0.39 is 5.91 Å². The lowest BCUT2D eigenvalue weighted by molar-refractivity contribution is 0.100. The molecule has 1 saturated heterocycles. The zero-order valence-corrected chi connectivity index (χ0v) is 16.7. The first-order valence-corrected chi connectivity index (χ1v) is 10.4. The van der Waals surface area contributed by atoms with E-state index in [1.165, 1.54) is 31.4 Å². The van der Waals surface area contributed by atoms with Crippen molar-refractivity contribution in [1.82, 2.24) is 4.98 Å². The van der Waals surface area contributed by atoms with E-state index in [9.17, 15) is 4.79 Å². The predicted octanol–water partition coefficient (Wildman–Crippen LogP) is 3.36. The third kappa shape index (κ3) is 4.98. The van der Waals surface area contributed by atoms with Gasteiger partial charge in [0.2, 0.25) is 0 Å². The Labute approximate surface area is 171 Å². The first-order valence-electron chi connectivity index (χ1n) is 10.4. The SMILES string of the molecule is NC(=O)c1cnc(Nc2ccc(N3CCOCC3)cc2)cc1NCC1CCCC1. The molecular weight excluding hydrogens is 366 g/mol. The van der Waals surface area contributed by atoms with Gasteiger partial charge in [0.25, 0.3) is 5.91 Å². The van der Waals surface area contributed by atoms with E-state index in [-0.39, 0.29) is 0 Å². The van der Waals surface area contributed by atoms with Crippen molar-refractivity contribution < 1.29 is 9.53 Å². The number of nitrogens with zero attached hydrogens (tertiary/aromatic N) is 2. The zero-order chi connectivity index (χ0) is 20.1. The molecule has 0 unspecified atom stereocenters. The zero-order valence-electron chi connectivity index (χ0n) is 16.7. The minimum atomic E-state index is -0.465. The van der Waals surface area contributed by atoms with Gasteiger partial charge in [0.15, 0.2) is 0 Å². The van der Waals surface area contributed by atoms with Crippen LogP contribution in [0.4, 0.5) is 22.9 Å². The summed E-state index contributed by atoms with van der Waals surface area (Å²) >= 11 is 0. The van der Waals surface area contributed by atoms with E-state index >= 15 is 0 Å². The van der Waals surface area contributed by atoms with Gasteiger partial charge in [-0.2, -0.15) is 0 Å². The Hall–Kier alpha value is -2.80. The topological polar surface area (TPSA) is 92.5 Å². The van der Waals surface area contributed by atoms with Crippen molar-refractivity contribution in [1.29, 1.82) is 0 Å². The second-order valence-corrected chi connectivity index (χ2v) is 7.78. The number of nitrogens with two attached hydrogens (primary N) is 1. The van der Waals surface area contributed by atoms with Gasteiger partial charge < -0.3 is 26.0 Å². The van der Waals surface area contributed by atoms with Gasteiger partial charge in [0, 0.05) is 43.3 Å². The highest BCUT2D eigenvalue weighted by Gasteiger charge is 2.17. The highest BCUT2D eigenvalue weighted by atomic mass is 16.5. The molecule has 4 N–H and O–H groups in total. The summed E-state index contributed by atoms with van der Waals surface area (Å²) in [5.41, 5.74) is 8.84. The molecule has 1 aromatic carbocycles. The van der Waals surface area contributed by atoms with E-state index in [0.29, 0.717) is 17.3 Å². The highest BCUT2D eigenvalue weighted by molar-refractivity contribution is 5.98. The summed E-state index contributed by atoms with van der Waals surface area (Å²) < 4.78 is 5.41. The van der Waals surface area contributed by atoms with Crippen LogP contribution in [0.3, 0.4) is 0 Å². The number of carbonyl (C=O) groups excluding carboxylic acids is 1. The normalized spacial score (nSPS) is 17.3. The minimum Gasteiger partial charge on any atom is -0.384 e. The smallest absolute Gasteiger partial charge is 0.252 e. The van der Waals surface area contributed by atoms with E-state index in [4.69, 9.17) is 10.5 Å². The fraction of sp³-hybridized carbons (Fsp3) is 0.455. The molecule has 7 heteroatoms. The molecule has 2 fully saturated rings. The Balaban J connectivity index is 1.44. The number of hydrogen-bond acceptors (Lipinski definition) is 6. The van der Waals surface area contributed by atoms with Crippen molar-refractivity contribution in [3.05, 3.63) is 42.1 Å². The molecule has 29 heavy (non-hydrogen) atoms. The summed E-state index contributed by atoms with van der Waals surface area (Å²) in [6.07, 6.45) is 6.61. The molecule has 1 aliphatic heterocycles. The lowest BCUT2D eigenvalue weighted by atomic mass is 10.1. The first kappa shape index (κ1) is 19.5. The molecule has 0 spiro atoms. The number of pyridine rings is 1. The average Bonchev–Trinajstić information content (AvgIpc) is 3.27. The van der Waals surface area contributed by atoms with Crippen LogP contribution < -0.4 is 21.3 Å². The second-order valence-electron chi connectivity index (χ2n) is 7.78. The standard InChI is InChI=1S/C22H29N5O2/c23-22(28)19-15-25-21(13-20(19)24-14-16-3-1-2-4-16)26-17-5-7-18(8-6-17)27-9-11-29-12-10-27/h5-8,13,15-16H,1-4,9-12,14H2,(H2,23,28)(H2,24,25,26). The molecule has 0 radical (unpaired) electrons. The van der Waals surface area contributed by atoms with Gasteiger partial charge in [0.05, 0.1) is 24.5 Å². The molecule has 4 rings (SSSR count). The number of nitrogens with one attached hydrogen (secondary N) is 2. The highest BCUT2D eigenvalue weighted by Crippen LogP contribution is 2.27. The maximum Gasteiger partial charge on any atom is 0.252 e. The number of ether oxygens (including phenoxy) is 1. The van der Waals surface area contributed by atoms with Crippen molar-refractivity contribution in [3.8, 4) is 0 Å². The van der Waals surface area contributed by atoms with E-state index in [0.717, 1.165) is 44.2 Å². The molecule has 154 valence electrons. The first-order chi connectivity index (χ1) is 14.2. The number of aromatic nitrogens is 1. The second kappa shape index (κ2) is 9.13. The molecule has 2 heterocycles. The number of hydrogen-bond donors (Lipinski definition) is 3. The lowest BCUT2D eigenvalue weighted by Crippen LogP contribution is -2.36. The summed E-state index contributed by atoms with van der Waals surface area (Å²) in [5.74, 6) is 0.879. The Bertz CT molecular complexity index is 828. The summed E-state index contributed by atoms with van der Waals surface area (Å²) in [7, 11) is 0. The van der Waals surface area contributed by atoms with Crippen molar-refractivity contribution in [2.24, 2.45) is 11.7 Å². The largest absolute Gasteiger partial charge is 0.384 e. The molecule has 0 bridgehead atoms. The monoisotopic (exact) mass is 395 g/mol. The maximum atomic E-state index is 11.8. The van der Waals surface area contributed by atoms with Crippen LogP contribution in [0.15, 0.2) is 36.5 Å². The van der Waals surface area contributed by atoms with Gasteiger partial charge in [-0.05, 0) is 43.0 Å². The predicted molar refractivity (Wildman–Crippen MR) is 116 cm³/mol. The Kier molecular flexibility index (Phi) is 6.14. The van der Waals surface area contributed by atoms with Crippen molar-refractivity contribution >= 4 is 28.8 Å². The van der Waals surface area contributed by atoms with Crippen LogP contribution >= 0.6 is 0 Å². The van der Waals surface area contributed by atoms with Crippen molar-refractivity contribution in [2.45, 2.75) is 25.7 Å². The van der Waals surface area contributed by atoms with E-state index in [1.807, 2.05) is 18.2 Å². The quantitative estimate of drug-likeness (QED) is 0.666. The lowest BCUT2D eigenvalue weighted by Gasteiger charge is -2.28. The fourth-order valence-corrected chi connectivity index (χ4v) is 4.06. The number of primary amides is 1. The van der Waals surface area contributed by atoms with Gasteiger partial charge in [-0.3, -0.25) is 4.79 Å². The average molecular weight is 396 g/mol. The molecule has 1 amide bonds. The van der Waals surface area contributed by atoms with E-state index in [2.05, 4.69) is 32.7 Å². The number of amides is 1. The van der Waals surface area contributed by atoms with Crippen molar-refractivity contribution in [2.75, 3.05) is 48.4 Å². The third-order valence-corrected chi connectivity index (χ3v) is 5.74. The number of anilines is 4. The summed E-state index contributed by atoms with van der Waals surface area (Å²) in [6.45, 7) is 4.23. The van der Waals surface area contributed by atoms with Crippen LogP contribution in [0.25, 0.3) is 0 Å². The maximum absolute atomic E-state index is 11.8. The molecule has 1 aliphatic carbocycles. The number of benzene rings is 1. The van der Waals surface area contributed by atoms with Crippen LogP contribution in [0, 0.1) is 5.92 Å². The molecule has 1 aromatic heterocycles. The van der Waals surface area contributed by atoms with Gasteiger partial charge in [-0.15, -0.1) is 0 Å². The number of carbonyl (C=O) groups is 1. The summed E-state index contributed by atoms with van der Waals surface area (Å²) in [5, 5.41) is 6.74. The van der Waals surface area contributed by atoms with Crippen LogP contribution in [-0.4, -0.2) is 43.7 Å². The Morgan fingerprint density at radius 1 is 1.17 bits per heavy atom. The third-order valence-electron chi connectivity index (χ3n) is 5.74. The number of rotatable bonds is 7. The fourth-order valence-electron chi connectivity index (χ4n) is 4.06. The van der Waals surface area contributed by atoms with Crippen LogP contribution in [-0.2, 0) is 4.74 Å². The molecule has 0 atom stereocenters. The van der Waals surface area contributed by atoms with Crippen LogP contribution in [0.5, 0.6) is 0 Å². The van der Waals surface area contributed by atoms with Gasteiger partial charge in [-0.1, -0.05) is 12.8 Å². The Morgan fingerprint density at radius 2 is 1.90 bits per heavy atom. The molecule has 7 nitrogen and oxygen atoms in total. The molecule has 1 saturated carbocycles. The summed E-state index contributed by atoms with van der Waals surface area (Å²) in [4.78, 5) is 18.5. The minimum absolute atomic E-state index is 0.427. The van der Waals surface area contributed by atoms with Crippen LogP contribution in [0.2, 0.25) is 0 Å². The van der Waals surface area contributed by atoms with Crippen molar-refractivity contribution in [3.63, 3.8) is 0 Å². The van der Waals surface area contributed by atoms with Gasteiger partial charge >= 0.3 is 0 Å². The molecule has 2 aliphatic rings. The molecule has 2 aromatic rings. The van der Waals surface area contributed by atoms with Gasteiger partial charge in [-0.25, -0.2) is 4.98 Å². The summed E-state index contributed by atoms with van der Waals surface area (Å²) in [6, 6.07) is 10.2. The van der Waals surface area contributed by atoms with Crippen LogP contribution in [0.1, 0.15) is 36.0 Å². The van der Waals surface area contributed by atoms with E-state index in [1.54, 1.807) is 6.20 Å². The number of morpholine rings is 1. The Morgan fingerprint density at radius 3 is 2.59 bits per heavy atom. The van der Waals surface area contributed by atoms with Gasteiger partial charge in [0.1, 0.15) is 5.82 Å².